The first-order chi connectivity index (χ1) is 16.7. The third-order valence-corrected chi connectivity index (χ3v) is 6.26. The number of hydrogen-bond acceptors (Lipinski definition) is 6. The Morgan fingerprint density at radius 3 is 2.31 bits per heavy atom. The number of benzene rings is 1. The second-order valence-corrected chi connectivity index (χ2v) is 10.0. The molecule has 194 valence electrons. The average Bonchev–Trinajstić information content (AvgIpc) is 2.80. The van der Waals surface area contributed by atoms with Crippen LogP contribution < -0.4 is 10.6 Å². The fraction of sp³-hybridized carbons (Fsp3) is 0.577. The van der Waals surface area contributed by atoms with Gasteiger partial charge in [-0.1, -0.05) is 44.2 Å². The molecule has 8 nitrogen and oxygen atoms in total. The van der Waals surface area contributed by atoms with Crippen molar-refractivity contribution in [3.8, 4) is 0 Å². The molecule has 0 saturated heterocycles. The monoisotopic (exact) mass is 506 g/mol. The van der Waals surface area contributed by atoms with Crippen LogP contribution in [0.2, 0.25) is 0 Å². The van der Waals surface area contributed by atoms with Gasteiger partial charge >= 0.3 is 5.97 Å². The number of rotatable bonds is 18. The maximum Gasteiger partial charge on any atom is 0.305 e. The molecular weight excluding hydrogens is 468 g/mol. The van der Waals surface area contributed by atoms with Crippen LogP contribution >= 0.6 is 11.8 Å². The van der Waals surface area contributed by atoms with Crippen LogP contribution in [-0.2, 0) is 30.4 Å². The first-order valence-corrected chi connectivity index (χ1v) is 13.4. The molecule has 9 heteroatoms. The lowest BCUT2D eigenvalue weighted by molar-refractivity contribution is -0.137. The number of aldehydes is 1. The van der Waals surface area contributed by atoms with Gasteiger partial charge in [0, 0.05) is 31.2 Å². The summed E-state index contributed by atoms with van der Waals surface area (Å²) >= 11 is 1.59. The highest BCUT2D eigenvalue weighted by Crippen LogP contribution is 2.18. The molecule has 35 heavy (non-hydrogen) atoms. The zero-order chi connectivity index (χ0) is 26.2. The van der Waals surface area contributed by atoms with Crippen LogP contribution in [0.15, 0.2) is 30.3 Å². The van der Waals surface area contributed by atoms with Crippen molar-refractivity contribution in [1.82, 2.24) is 10.6 Å². The predicted octanol–water partition coefficient (Wildman–Crippen LogP) is 2.88. The second-order valence-electron chi connectivity index (χ2n) is 9.06. The first kappa shape index (κ1) is 30.4. The summed E-state index contributed by atoms with van der Waals surface area (Å²) in [6, 6.07) is 8.52. The summed E-state index contributed by atoms with van der Waals surface area (Å²) in [4.78, 5) is 61.0. The smallest absolute Gasteiger partial charge is 0.305 e. The van der Waals surface area contributed by atoms with Crippen molar-refractivity contribution in [2.45, 2.75) is 58.4 Å². The third-order valence-electron chi connectivity index (χ3n) is 5.62. The minimum absolute atomic E-state index is 0.0252. The lowest BCUT2D eigenvalue weighted by atomic mass is 9.88. The number of Topliss-reactive ketones (excluding diaryl/α,β-unsaturated/α-hetero) is 1. The number of carbonyl (C=O) groups excluding carboxylic acids is 4. The van der Waals surface area contributed by atoms with Gasteiger partial charge in [-0.15, -0.1) is 0 Å². The minimum Gasteiger partial charge on any atom is -0.481 e. The number of nitrogens with one attached hydrogen (secondary N) is 2. The molecule has 0 aliphatic heterocycles. The van der Waals surface area contributed by atoms with Gasteiger partial charge in [0.2, 0.25) is 11.8 Å². The van der Waals surface area contributed by atoms with Crippen LogP contribution in [0.3, 0.4) is 0 Å². The van der Waals surface area contributed by atoms with Crippen molar-refractivity contribution in [3.63, 3.8) is 0 Å². The van der Waals surface area contributed by atoms with Gasteiger partial charge in [0.05, 0.1) is 12.5 Å². The van der Waals surface area contributed by atoms with Gasteiger partial charge in [0.1, 0.15) is 6.29 Å². The van der Waals surface area contributed by atoms with E-state index in [2.05, 4.69) is 10.6 Å². The van der Waals surface area contributed by atoms with E-state index in [4.69, 9.17) is 5.11 Å². The SMILES string of the molecule is CSCC[C@H](CC=O)C(=O)N[C@@H](CC(C)C)C(=O)C[C@@H](Cc1ccccc1)C(=O)NCCC(=O)O. The lowest BCUT2D eigenvalue weighted by Crippen LogP contribution is -2.46. The molecule has 0 bridgehead atoms. The van der Waals surface area contributed by atoms with Gasteiger partial charge < -0.3 is 20.5 Å². The van der Waals surface area contributed by atoms with Crippen LogP contribution in [0.4, 0.5) is 0 Å². The fourth-order valence-corrected chi connectivity index (χ4v) is 4.26. The van der Waals surface area contributed by atoms with E-state index in [1.54, 1.807) is 11.8 Å². The number of thioether (sulfide) groups is 1. The van der Waals surface area contributed by atoms with Crippen molar-refractivity contribution in [2.75, 3.05) is 18.6 Å². The van der Waals surface area contributed by atoms with Crippen LogP contribution in [0.5, 0.6) is 0 Å². The molecule has 3 N–H and O–H groups in total. The number of aliphatic carboxylic acids is 1. The number of carbonyl (C=O) groups is 5. The molecule has 0 aromatic heterocycles. The fourth-order valence-electron chi connectivity index (χ4n) is 3.74. The Hall–Kier alpha value is -2.68. The molecule has 0 unspecified atom stereocenters. The number of carboxylic acid groups (broad SMARTS) is 1. The van der Waals surface area contributed by atoms with E-state index in [0.29, 0.717) is 19.3 Å². The zero-order valence-corrected chi connectivity index (χ0v) is 21.6. The lowest BCUT2D eigenvalue weighted by Gasteiger charge is -2.24. The highest BCUT2D eigenvalue weighted by atomic mass is 32.2. The number of ketones is 1. The highest BCUT2D eigenvalue weighted by Gasteiger charge is 2.30. The minimum atomic E-state index is -1.02. The Labute approximate surface area is 212 Å². The van der Waals surface area contributed by atoms with Gasteiger partial charge in [-0.2, -0.15) is 11.8 Å². The summed E-state index contributed by atoms with van der Waals surface area (Å²) in [7, 11) is 0. The summed E-state index contributed by atoms with van der Waals surface area (Å²) in [5.74, 6) is -2.34. The number of hydrogen-bond donors (Lipinski definition) is 3. The molecule has 0 radical (unpaired) electrons. The third kappa shape index (κ3) is 12.5. The molecule has 1 aromatic carbocycles. The van der Waals surface area contributed by atoms with Crippen LogP contribution in [0, 0.1) is 17.8 Å². The molecule has 0 aliphatic rings. The summed E-state index contributed by atoms with van der Waals surface area (Å²) in [6.07, 6.45) is 3.71. The Morgan fingerprint density at radius 2 is 1.74 bits per heavy atom. The van der Waals surface area contributed by atoms with E-state index in [9.17, 15) is 24.0 Å². The van der Waals surface area contributed by atoms with E-state index >= 15 is 0 Å². The molecular formula is C26H38N2O6S. The summed E-state index contributed by atoms with van der Waals surface area (Å²) < 4.78 is 0. The zero-order valence-electron chi connectivity index (χ0n) is 20.8. The maximum absolute atomic E-state index is 13.3. The molecule has 1 rings (SSSR count). The standard InChI is InChI=1S/C26H38N2O6S/c1-18(2)15-22(28-26(34)20(10-13-29)11-14-35-3)23(30)17-21(16-19-7-5-4-6-8-19)25(33)27-12-9-24(31)32/h4-8,13,18,20-22H,9-12,14-17H2,1-3H3,(H,27,33)(H,28,34)(H,31,32)/t20-,21+,22-/m0/s1. The Balaban J connectivity index is 3.00. The van der Waals surface area contributed by atoms with Crippen molar-refractivity contribution in [2.24, 2.45) is 17.8 Å². The molecule has 1 aromatic rings. The van der Waals surface area contributed by atoms with Crippen molar-refractivity contribution < 1.29 is 29.1 Å². The molecule has 0 saturated carbocycles. The molecule has 0 fully saturated rings. The molecule has 0 spiro atoms. The number of carboxylic acids is 1. The van der Waals surface area contributed by atoms with Gasteiger partial charge in [-0.25, -0.2) is 0 Å². The summed E-state index contributed by atoms with van der Waals surface area (Å²) in [5, 5.41) is 14.3. The van der Waals surface area contributed by atoms with Crippen molar-refractivity contribution >= 4 is 41.6 Å². The molecule has 0 aliphatic carbocycles. The van der Waals surface area contributed by atoms with E-state index in [1.165, 1.54) is 0 Å². The predicted molar refractivity (Wildman–Crippen MR) is 137 cm³/mol. The summed E-state index contributed by atoms with van der Waals surface area (Å²) in [6.45, 7) is 3.87. The first-order valence-electron chi connectivity index (χ1n) is 12.0. The average molecular weight is 507 g/mol. The van der Waals surface area contributed by atoms with Gasteiger partial charge in [-0.05, 0) is 42.8 Å². The highest BCUT2D eigenvalue weighted by molar-refractivity contribution is 7.98. The maximum atomic E-state index is 13.3. The molecule has 0 heterocycles. The number of amides is 2. The van der Waals surface area contributed by atoms with E-state index in [1.807, 2.05) is 50.4 Å². The largest absolute Gasteiger partial charge is 0.481 e. The Bertz CT molecular complexity index is 830. The Kier molecular flexibility index (Phi) is 14.6. The van der Waals surface area contributed by atoms with Crippen molar-refractivity contribution in [1.29, 1.82) is 0 Å². The second kappa shape index (κ2) is 16.9. The van der Waals surface area contributed by atoms with Crippen LogP contribution in [-0.4, -0.2) is 59.6 Å². The van der Waals surface area contributed by atoms with Crippen LogP contribution in [0.1, 0.15) is 51.5 Å². The Morgan fingerprint density at radius 1 is 1.06 bits per heavy atom. The van der Waals surface area contributed by atoms with E-state index in [0.717, 1.165) is 17.6 Å². The summed E-state index contributed by atoms with van der Waals surface area (Å²) in [5.41, 5.74) is 0.881. The molecule has 2 amide bonds. The van der Waals surface area contributed by atoms with Crippen LogP contribution in [0.25, 0.3) is 0 Å². The van der Waals surface area contributed by atoms with E-state index in [-0.39, 0.29) is 43.4 Å². The van der Waals surface area contributed by atoms with Crippen molar-refractivity contribution in [3.05, 3.63) is 35.9 Å². The molecule has 3 atom stereocenters. The van der Waals surface area contributed by atoms with Gasteiger partial charge in [-0.3, -0.25) is 19.2 Å². The normalized spacial score (nSPS) is 13.5. The van der Waals surface area contributed by atoms with Gasteiger partial charge in [0.25, 0.3) is 0 Å². The quantitative estimate of drug-likeness (QED) is 0.261. The van der Waals surface area contributed by atoms with E-state index < -0.39 is 29.8 Å². The topological polar surface area (TPSA) is 130 Å². The van der Waals surface area contributed by atoms with Gasteiger partial charge in [0.15, 0.2) is 5.78 Å².